The number of hydrogen-bond donors (Lipinski definition) is 0. The zero-order chi connectivity index (χ0) is 19.8. The van der Waals surface area contributed by atoms with Gasteiger partial charge in [-0.25, -0.2) is 0 Å². The van der Waals surface area contributed by atoms with E-state index < -0.39 is 0 Å². The SMILES string of the molecule is COCC(COC)COCC(COCC(COC)COC)CC(C)(C)C. The Morgan fingerprint density at radius 1 is 0.500 bits per heavy atom. The molecule has 0 aromatic heterocycles. The highest BCUT2D eigenvalue weighted by Gasteiger charge is 2.21. The van der Waals surface area contributed by atoms with E-state index in [0.29, 0.717) is 58.8 Å². The van der Waals surface area contributed by atoms with Crippen molar-refractivity contribution < 1.29 is 28.4 Å². The molecule has 0 aromatic carbocycles. The third-order valence-corrected chi connectivity index (χ3v) is 3.92. The molecule has 0 aliphatic heterocycles. The molecule has 0 amide bonds. The Morgan fingerprint density at radius 3 is 1.08 bits per heavy atom. The van der Waals surface area contributed by atoms with Crippen molar-refractivity contribution in [1.82, 2.24) is 0 Å². The zero-order valence-electron chi connectivity index (χ0n) is 18.0. The van der Waals surface area contributed by atoms with Crippen LogP contribution in [0.3, 0.4) is 0 Å². The number of hydrogen-bond acceptors (Lipinski definition) is 6. The molecule has 0 N–H and O–H groups in total. The van der Waals surface area contributed by atoms with Crippen molar-refractivity contribution in [3.63, 3.8) is 0 Å². The van der Waals surface area contributed by atoms with Gasteiger partial charge in [0.25, 0.3) is 0 Å². The van der Waals surface area contributed by atoms with Crippen molar-refractivity contribution in [2.45, 2.75) is 27.2 Å². The van der Waals surface area contributed by atoms with Crippen LogP contribution in [0.1, 0.15) is 27.2 Å². The maximum absolute atomic E-state index is 5.97. The maximum atomic E-state index is 5.97. The normalized spacial score (nSPS) is 12.7. The quantitative estimate of drug-likeness (QED) is 0.388. The van der Waals surface area contributed by atoms with Gasteiger partial charge in [0.1, 0.15) is 0 Å². The molecule has 0 aliphatic rings. The van der Waals surface area contributed by atoms with Crippen molar-refractivity contribution in [3.05, 3.63) is 0 Å². The van der Waals surface area contributed by atoms with E-state index in [1.165, 1.54) is 0 Å². The molecule has 0 rings (SSSR count). The first-order valence-electron chi connectivity index (χ1n) is 9.47. The van der Waals surface area contributed by atoms with Crippen LogP contribution in [0.25, 0.3) is 0 Å². The minimum Gasteiger partial charge on any atom is -0.384 e. The topological polar surface area (TPSA) is 55.4 Å². The van der Waals surface area contributed by atoms with Crippen molar-refractivity contribution in [3.8, 4) is 0 Å². The average Bonchev–Trinajstić information content (AvgIpc) is 2.54. The van der Waals surface area contributed by atoms with Crippen LogP contribution < -0.4 is 0 Å². The molecule has 0 spiro atoms. The molecule has 0 atom stereocenters. The van der Waals surface area contributed by atoms with Crippen LogP contribution in [0.2, 0.25) is 0 Å². The van der Waals surface area contributed by atoms with Crippen LogP contribution in [-0.4, -0.2) is 81.3 Å². The summed E-state index contributed by atoms with van der Waals surface area (Å²) in [6.07, 6.45) is 1.05. The zero-order valence-corrected chi connectivity index (χ0v) is 18.0. The van der Waals surface area contributed by atoms with E-state index in [1.54, 1.807) is 28.4 Å². The lowest BCUT2D eigenvalue weighted by atomic mass is 9.85. The van der Waals surface area contributed by atoms with Crippen molar-refractivity contribution in [2.75, 3.05) is 81.3 Å². The van der Waals surface area contributed by atoms with E-state index >= 15 is 0 Å². The molecule has 26 heavy (non-hydrogen) atoms. The molecule has 6 nitrogen and oxygen atoms in total. The number of rotatable bonds is 17. The van der Waals surface area contributed by atoms with Crippen LogP contribution in [0, 0.1) is 23.2 Å². The fourth-order valence-electron chi connectivity index (χ4n) is 3.07. The molecule has 0 aromatic rings. The van der Waals surface area contributed by atoms with Gasteiger partial charge in [0.15, 0.2) is 0 Å². The van der Waals surface area contributed by atoms with E-state index in [2.05, 4.69) is 20.8 Å². The standard InChI is InChI=1S/C20H42O6/c1-20(2,3)8-17(13-25-15-18(9-21-4)10-22-5)14-26-16-19(11-23-6)12-24-7/h17-19H,8-16H2,1-7H3. The lowest BCUT2D eigenvalue weighted by molar-refractivity contribution is -0.0289. The van der Waals surface area contributed by atoms with Gasteiger partial charge in [0.2, 0.25) is 0 Å². The maximum Gasteiger partial charge on any atom is 0.0538 e. The molecule has 0 aliphatic carbocycles. The Labute approximate surface area is 160 Å². The summed E-state index contributed by atoms with van der Waals surface area (Å²) in [5.41, 5.74) is 0.230. The Kier molecular flexibility index (Phi) is 15.6. The second-order valence-electron chi connectivity index (χ2n) is 8.26. The molecule has 0 bridgehead atoms. The average molecular weight is 379 g/mol. The minimum absolute atomic E-state index is 0.230. The van der Waals surface area contributed by atoms with E-state index in [-0.39, 0.29) is 17.3 Å². The van der Waals surface area contributed by atoms with Crippen LogP contribution >= 0.6 is 0 Å². The van der Waals surface area contributed by atoms with Gasteiger partial charge in [-0.15, -0.1) is 0 Å². The van der Waals surface area contributed by atoms with Crippen molar-refractivity contribution in [1.29, 1.82) is 0 Å². The Balaban J connectivity index is 4.38. The molecule has 6 heteroatoms. The lowest BCUT2D eigenvalue weighted by Crippen LogP contribution is -2.28. The van der Waals surface area contributed by atoms with Gasteiger partial charge in [0.05, 0.1) is 52.9 Å². The summed E-state index contributed by atoms with van der Waals surface area (Å²) >= 11 is 0. The van der Waals surface area contributed by atoms with E-state index in [9.17, 15) is 0 Å². The first-order chi connectivity index (χ1) is 12.4. The van der Waals surface area contributed by atoms with Crippen LogP contribution in [-0.2, 0) is 28.4 Å². The summed E-state index contributed by atoms with van der Waals surface area (Å²) in [4.78, 5) is 0. The van der Waals surface area contributed by atoms with Gasteiger partial charge < -0.3 is 28.4 Å². The van der Waals surface area contributed by atoms with Crippen molar-refractivity contribution >= 4 is 0 Å². The fraction of sp³-hybridized carbons (Fsp3) is 1.00. The van der Waals surface area contributed by atoms with Gasteiger partial charge in [-0.3, -0.25) is 0 Å². The lowest BCUT2D eigenvalue weighted by Gasteiger charge is -2.27. The van der Waals surface area contributed by atoms with E-state index in [1.807, 2.05) is 0 Å². The molecule has 0 radical (unpaired) electrons. The Bertz CT molecular complexity index is 271. The highest BCUT2D eigenvalue weighted by Crippen LogP contribution is 2.25. The molecule has 0 fully saturated rings. The molecular weight excluding hydrogens is 336 g/mol. The predicted molar refractivity (Wildman–Crippen MR) is 104 cm³/mol. The molecule has 0 unspecified atom stereocenters. The Morgan fingerprint density at radius 2 is 0.808 bits per heavy atom. The van der Waals surface area contributed by atoms with Crippen LogP contribution in [0.5, 0.6) is 0 Å². The molecular formula is C20H42O6. The number of methoxy groups -OCH3 is 4. The van der Waals surface area contributed by atoms with Gasteiger partial charge in [-0.2, -0.15) is 0 Å². The van der Waals surface area contributed by atoms with Gasteiger partial charge in [0, 0.05) is 46.2 Å². The molecule has 0 heterocycles. The van der Waals surface area contributed by atoms with Crippen LogP contribution in [0.4, 0.5) is 0 Å². The summed E-state index contributed by atoms with van der Waals surface area (Å²) in [5, 5.41) is 0. The summed E-state index contributed by atoms with van der Waals surface area (Å²) in [6, 6.07) is 0. The van der Waals surface area contributed by atoms with Crippen LogP contribution in [0.15, 0.2) is 0 Å². The first kappa shape index (κ1) is 25.8. The second kappa shape index (κ2) is 15.8. The third-order valence-electron chi connectivity index (χ3n) is 3.92. The Hall–Kier alpha value is -0.240. The molecule has 158 valence electrons. The highest BCUT2D eigenvalue weighted by atomic mass is 16.5. The first-order valence-corrected chi connectivity index (χ1v) is 9.47. The van der Waals surface area contributed by atoms with E-state index in [0.717, 1.165) is 6.42 Å². The highest BCUT2D eigenvalue weighted by molar-refractivity contribution is 4.70. The third kappa shape index (κ3) is 14.9. The minimum atomic E-state index is 0.230. The van der Waals surface area contributed by atoms with E-state index in [4.69, 9.17) is 28.4 Å². The number of ether oxygens (including phenoxy) is 6. The summed E-state index contributed by atoms with van der Waals surface area (Å²) in [6.45, 7) is 11.9. The summed E-state index contributed by atoms with van der Waals surface area (Å²) in [7, 11) is 6.81. The predicted octanol–water partition coefficient (Wildman–Crippen LogP) is 2.89. The van der Waals surface area contributed by atoms with Gasteiger partial charge in [-0.1, -0.05) is 20.8 Å². The van der Waals surface area contributed by atoms with Gasteiger partial charge in [-0.05, 0) is 11.8 Å². The smallest absolute Gasteiger partial charge is 0.0538 e. The van der Waals surface area contributed by atoms with Crippen molar-refractivity contribution in [2.24, 2.45) is 23.2 Å². The fourth-order valence-corrected chi connectivity index (χ4v) is 3.07. The molecule has 0 saturated heterocycles. The molecule has 0 saturated carbocycles. The summed E-state index contributed by atoms with van der Waals surface area (Å²) in [5.74, 6) is 0.870. The largest absolute Gasteiger partial charge is 0.384 e. The second-order valence-corrected chi connectivity index (χ2v) is 8.26. The monoisotopic (exact) mass is 378 g/mol. The summed E-state index contributed by atoms with van der Waals surface area (Å²) < 4.78 is 32.8. The van der Waals surface area contributed by atoms with Gasteiger partial charge >= 0.3 is 0 Å².